The van der Waals surface area contributed by atoms with Gasteiger partial charge in [-0.25, -0.2) is 4.98 Å². The molecule has 2 aromatic rings. The van der Waals surface area contributed by atoms with Crippen LogP contribution in [-0.2, 0) is 18.4 Å². The van der Waals surface area contributed by atoms with Crippen molar-refractivity contribution in [1.82, 2.24) is 24.3 Å². The number of hydrogen-bond acceptors (Lipinski definition) is 4. The Kier molecular flexibility index (Phi) is 5.25. The van der Waals surface area contributed by atoms with Gasteiger partial charge in [-0.15, -0.1) is 0 Å². The van der Waals surface area contributed by atoms with Gasteiger partial charge < -0.3 is 9.47 Å². The normalized spacial score (nSPS) is 18.1. The van der Waals surface area contributed by atoms with Crippen LogP contribution in [0.1, 0.15) is 30.3 Å². The number of rotatable bonds is 5. The molecule has 24 heavy (non-hydrogen) atoms. The van der Waals surface area contributed by atoms with Crippen LogP contribution in [-0.4, -0.2) is 56.9 Å². The van der Waals surface area contributed by atoms with Gasteiger partial charge in [-0.2, -0.15) is 0 Å². The molecular formula is C18H25N5O. The predicted molar refractivity (Wildman–Crippen MR) is 92.3 cm³/mol. The number of carbonyl (C=O) groups excluding carboxylic acids is 1. The fourth-order valence-corrected chi connectivity index (χ4v) is 3.34. The number of hydrogen-bond donors (Lipinski definition) is 0. The average Bonchev–Trinajstić information content (AvgIpc) is 3.02. The van der Waals surface area contributed by atoms with E-state index in [1.807, 2.05) is 54.5 Å². The molecular weight excluding hydrogens is 302 g/mol. The summed E-state index contributed by atoms with van der Waals surface area (Å²) in [6.45, 7) is 2.71. The number of amides is 1. The minimum atomic E-state index is 0.187. The lowest BCUT2D eigenvalue weighted by Gasteiger charge is -2.33. The maximum absolute atomic E-state index is 12.6. The second kappa shape index (κ2) is 7.57. The summed E-state index contributed by atoms with van der Waals surface area (Å²) >= 11 is 0. The first-order valence-corrected chi connectivity index (χ1v) is 8.47. The Balaban J connectivity index is 1.55. The van der Waals surface area contributed by atoms with Gasteiger partial charge in [-0.05, 0) is 32.0 Å². The molecule has 0 spiro atoms. The molecule has 1 saturated heterocycles. The van der Waals surface area contributed by atoms with E-state index in [2.05, 4.69) is 14.5 Å². The van der Waals surface area contributed by atoms with Gasteiger partial charge in [0.2, 0.25) is 5.91 Å². The van der Waals surface area contributed by atoms with Crippen molar-refractivity contribution in [2.24, 2.45) is 7.05 Å². The zero-order chi connectivity index (χ0) is 16.9. The quantitative estimate of drug-likeness (QED) is 0.838. The Morgan fingerprint density at radius 3 is 2.92 bits per heavy atom. The molecule has 3 rings (SSSR count). The number of piperidine rings is 1. The summed E-state index contributed by atoms with van der Waals surface area (Å²) in [5.74, 6) is 1.60. The molecule has 0 aromatic carbocycles. The predicted octanol–water partition coefficient (Wildman–Crippen LogP) is 1.65. The number of likely N-dealkylation sites (N-methyl/N-ethyl adjacent to an activating group) is 1. The van der Waals surface area contributed by atoms with Crippen LogP contribution in [0.3, 0.4) is 0 Å². The van der Waals surface area contributed by atoms with Gasteiger partial charge in [-0.3, -0.25) is 14.7 Å². The maximum Gasteiger partial charge on any atom is 0.236 e. The summed E-state index contributed by atoms with van der Waals surface area (Å²) in [4.78, 5) is 25.4. The second-order valence-corrected chi connectivity index (χ2v) is 6.57. The fourth-order valence-electron chi connectivity index (χ4n) is 3.34. The summed E-state index contributed by atoms with van der Waals surface area (Å²) in [7, 11) is 3.98. The molecule has 0 N–H and O–H groups in total. The van der Waals surface area contributed by atoms with E-state index in [4.69, 9.17) is 0 Å². The van der Waals surface area contributed by atoms with Crippen molar-refractivity contribution in [2.75, 3.05) is 26.7 Å². The minimum Gasteiger partial charge on any atom is -0.341 e. The van der Waals surface area contributed by atoms with Crippen molar-refractivity contribution in [3.63, 3.8) is 0 Å². The Labute approximate surface area is 143 Å². The molecule has 0 unspecified atom stereocenters. The largest absolute Gasteiger partial charge is 0.341 e. The van der Waals surface area contributed by atoms with E-state index in [9.17, 15) is 4.79 Å². The lowest BCUT2D eigenvalue weighted by atomic mass is 9.97. The number of aromatic nitrogens is 3. The van der Waals surface area contributed by atoms with Gasteiger partial charge in [-0.1, -0.05) is 6.07 Å². The number of likely N-dealkylation sites (tertiary alicyclic amines) is 1. The van der Waals surface area contributed by atoms with Gasteiger partial charge in [0.25, 0.3) is 0 Å². The summed E-state index contributed by atoms with van der Waals surface area (Å²) in [5, 5.41) is 0. The van der Waals surface area contributed by atoms with E-state index in [0.29, 0.717) is 19.0 Å². The number of aryl methyl sites for hydroxylation is 1. The molecule has 1 fully saturated rings. The highest BCUT2D eigenvalue weighted by atomic mass is 16.2. The van der Waals surface area contributed by atoms with Crippen LogP contribution in [0.5, 0.6) is 0 Å². The molecule has 128 valence electrons. The molecule has 1 aliphatic rings. The number of nitrogens with zero attached hydrogens (tertiary/aromatic N) is 5. The van der Waals surface area contributed by atoms with Crippen molar-refractivity contribution in [3.8, 4) is 0 Å². The van der Waals surface area contributed by atoms with Gasteiger partial charge in [0.1, 0.15) is 5.82 Å². The first-order valence-electron chi connectivity index (χ1n) is 8.47. The van der Waals surface area contributed by atoms with Gasteiger partial charge in [0.05, 0.1) is 12.2 Å². The van der Waals surface area contributed by atoms with Crippen LogP contribution >= 0.6 is 0 Å². The molecule has 0 saturated carbocycles. The Morgan fingerprint density at radius 1 is 1.33 bits per heavy atom. The molecule has 0 bridgehead atoms. The number of imidazole rings is 1. The number of carbonyl (C=O) groups is 1. The van der Waals surface area contributed by atoms with Gasteiger partial charge >= 0.3 is 0 Å². The second-order valence-electron chi connectivity index (χ2n) is 6.57. The van der Waals surface area contributed by atoms with Crippen LogP contribution in [0.2, 0.25) is 0 Å². The highest BCUT2D eigenvalue weighted by Crippen LogP contribution is 2.25. The van der Waals surface area contributed by atoms with E-state index >= 15 is 0 Å². The van der Waals surface area contributed by atoms with Gasteiger partial charge in [0, 0.05) is 51.2 Å². The highest BCUT2D eigenvalue weighted by Gasteiger charge is 2.27. The fraction of sp³-hybridized carbons (Fsp3) is 0.500. The van der Waals surface area contributed by atoms with Crippen LogP contribution in [0.4, 0.5) is 0 Å². The van der Waals surface area contributed by atoms with E-state index in [-0.39, 0.29) is 5.91 Å². The zero-order valence-electron chi connectivity index (χ0n) is 14.4. The average molecular weight is 327 g/mol. The molecule has 1 aliphatic heterocycles. The van der Waals surface area contributed by atoms with Crippen LogP contribution in [0.25, 0.3) is 0 Å². The summed E-state index contributed by atoms with van der Waals surface area (Å²) in [6, 6.07) is 5.86. The maximum atomic E-state index is 12.6. The summed E-state index contributed by atoms with van der Waals surface area (Å²) in [6.07, 6.45) is 7.71. The van der Waals surface area contributed by atoms with E-state index in [1.165, 1.54) is 0 Å². The Bertz CT molecular complexity index is 669. The van der Waals surface area contributed by atoms with E-state index < -0.39 is 0 Å². The van der Waals surface area contributed by atoms with Crippen LogP contribution in [0.15, 0.2) is 36.8 Å². The molecule has 1 amide bonds. The molecule has 6 nitrogen and oxygen atoms in total. The minimum absolute atomic E-state index is 0.187. The van der Waals surface area contributed by atoms with Crippen molar-refractivity contribution in [3.05, 3.63) is 48.3 Å². The molecule has 0 radical (unpaired) electrons. The molecule has 6 heteroatoms. The molecule has 0 aliphatic carbocycles. The van der Waals surface area contributed by atoms with Crippen LogP contribution < -0.4 is 0 Å². The third-order valence-corrected chi connectivity index (χ3v) is 4.56. The van der Waals surface area contributed by atoms with Gasteiger partial charge in [0.15, 0.2) is 0 Å². The van der Waals surface area contributed by atoms with Crippen molar-refractivity contribution in [2.45, 2.75) is 25.3 Å². The zero-order valence-corrected chi connectivity index (χ0v) is 14.4. The van der Waals surface area contributed by atoms with Crippen molar-refractivity contribution >= 4 is 5.91 Å². The molecule has 2 aromatic heterocycles. The third kappa shape index (κ3) is 4.00. The monoisotopic (exact) mass is 327 g/mol. The van der Waals surface area contributed by atoms with Crippen molar-refractivity contribution in [1.29, 1.82) is 0 Å². The third-order valence-electron chi connectivity index (χ3n) is 4.56. The lowest BCUT2D eigenvalue weighted by Crippen LogP contribution is -2.44. The molecule has 3 heterocycles. The number of pyridine rings is 1. The highest BCUT2D eigenvalue weighted by molar-refractivity contribution is 5.78. The molecule has 1 atom stereocenters. The summed E-state index contributed by atoms with van der Waals surface area (Å²) < 4.78 is 2.06. The Morgan fingerprint density at radius 2 is 2.21 bits per heavy atom. The standard InChI is InChI=1S/C18H25N5O/c1-21(13-16-7-3-4-8-19-16)14-17(24)23-10-5-6-15(12-23)18-20-9-11-22(18)2/h3-4,7-9,11,15H,5-6,10,12-14H2,1-2H3/t15-/m0/s1. The van der Waals surface area contributed by atoms with E-state index in [1.54, 1.807) is 6.20 Å². The van der Waals surface area contributed by atoms with Crippen LogP contribution in [0, 0.1) is 0 Å². The Hall–Kier alpha value is -2.21. The van der Waals surface area contributed by atoms with Crippen molar-refractivity contribution < 1.29 is 4.79 Å². The first-order chi connectivity index (χ1) is 11.6. The smallest absolute Gasteiger partial charge is 0.236 e. The van der Waals surface area contributed by atoms with E-state index in [0.717, 1.165) is 37.4 Å². The summed E-state index contributed by atoms with van der Waals surface area (Å²) in [5.41, 5.74) is 0.984. The first kappa shape index (κ1) is 16.6. The topological polar surface area (TPSA) is 54.3 Å². The lowest BCUT2D eigenvalue weighted by molar-refractivity contribution is -0.133. The SMILES string of the molecule is CN(CC(=O)N1CCC[C@H](c2nccn2C)C1)Cc1ccccn1.